The van der Waals surface area contributed by atoms with E-state index in [2.05, 4.69) is 6.92 Å². The van der Waals surface area contributed by atoms with E-state index in [9.17, 15) is 8.78 Å². The molecule has 0 saturated heterocycles. The van der Waals surface area contributed by atoms with Gasteiger partial charge in [-0.1, -0.05) is 13.0 Å². The molecule has 1 aliphatic rings. The molecule has 2 rings (SSSR count). The normalized spacial score (nSPS) is 19.5. The fraction of sp³-hybridized carbons (Fsp3) is 0.538. The Morgan fingerprint density at radius 3 is 2.38 bits per heavy atom. The van der Waals surface area contributed by atoms with Gasteiger partial charge in [0.05, 0.1) is 0 Å². The largest absolute Gasteiger partial charge is 0.207 e. The Morgan fingerprint density at radius 1 is 1.31 bits per heavy atom. The Kier molecular flexibility index (Phi) is 3.48. The van der Waals surface area contributed by atoms with Crippen LogP contribution in [0.4, 0.5) is 8.78 Å². The monoisotopic (exact) mass is 244 g/mol. The molecule has 88 valence electrons. The van der Waals surface area contributed by atoms with Crippen molar-refractivity contribution < 1.29 is 8.78 Å². The minimum Gasteiger partial charge on any atom is -0.207 e. The van der Waals surface area contributed by atoms with E-state index in [4.69, 9.17) is 11.6 Å². The van der Waals surface area contributed by atoms with Gasteiger partial charge in [-0.3, -0.25) is 0 Å². The Labute approximate surface area is 99.6 Å². The Hall–Kier alpha value is -0.630. The molecule has 3 heteroatoms. The minimum atomic E-state index is -0.492. The van der Waals surface area contributed by atoms with Gasteiger partial charge in [0.25, 0.3) is 0 Å². The maximum absolute atomic E-state index is 13.4. The predicted octanol–water partition coefficient (Wildman–Crippen LogP) is 4.16. The first-order valence-electron chi connectivity index (χ1n) is 5.66. The maximum atomic E-state index is 13.4. The van der Waals surface area contributed by atoms with Gasteiger partial charge in [0, 0.05) is 10.9 Å². The quantitative estimate of drug-likeness (QED) is 0.698. The molecule has 0 nitrogen and oxygen atoms in total. The third-order valence-electron chi connectivity index (χ3n) is 3.40. The van der Waals surface area contributed by atoms with Crippen molar-refractivity contribution in [2.75, 3.05) is 0 Å². The summed E-state index contributed by atoms with van der Waals surface area (Å²) < 4.78 is 26.8. The lowest BCUT2D eigenvalue weighted by Crippen LogP contribution is -2.17. The maximum Gasteiger partial charge on any atom is 0.129 e. The number of alkyl halides is 1. The van der Waals surface area contributed by atoms with Crippen molar-refractivity contribution in [1.29, 1.82) is 0 Å². The molecule has 1 aromatic carbocycles. The van der Waals surface area contributed by atoms with E-state index in [1.165, 1.54) is 31.0 Å². The molecule has 2 unspecified atom stereocenters. The fourth-order valence-corrected chi connectivity index (χ4v) is 2.39. The van der Waals surface area contributed by atoms with Crippen LogP contribution < -0.4 is 0 Å². The molecule has 0 radical (unpaired) electrons. The van der Waals surface area contributed by atoms with Gasteiger partial charge in [-0.15, -0.1) is 11.6 Å². The van der Waals surface area contributed by atoms with Crippen LogP contribution in [0.2, 0.25) is 0 Å². The first-order chi connectivity index (χ1) is 7.59. The zero-order chi connectivity index (χ0) is 11.7. The van der Waals surface area contributed by atoms with Gasteiger partial charge in [0.15, 0.2) is 0 Å². The van der Waals surface area contributed by atoms with Crippen LogP contribution in [-0.4, -0.2) is 5.38 Å². The minimum absolute atomic E-state index is 0.120. The SMILES string of the molecule is CC(C(Cl)Cc1c(F)cccc1F)C1CC1. The first-order valence-corrected chi connectivity index (χ1v) is 6.10. The van der Waals surface area contributed by atoms with Crippen molar-refractivity contribution in [3.8, 4) is 0 Å². The third-order valence-corrected chi connectivity index (χ3v) is 3.95. The molecule has 0 N–H and O–H groups in total. The summed E-state index contributed by atoms with van der Waals surface area (Å²) >= 11 is 6.21. The topological polar surface area (TPSA) is 0 Å². The van der Waals surface area contributed by atoms with Crippen LogP contribution in [0, 0.1) is 23.5 Å². The van der Waals surface area contributed by atoms with E-state index in [0.717, 1.165) is 0 Å². The Bertz CT molecular complexity index is 354. The highest BCUT2D eigenvalue weighted by Crippen LogP contribution is 2.40. The van der Waals surface area contributed by atoms with Gasteiger partial charge in [0.1, 0.15) is 11.6 Å². The average molecular weight is 245 g/mol. The van der Waals surface area contributed by atoms with Crippen molar-refractivity contribution >= 4 is 11.6 Å². The molecule has 1 aromatic rings. The third kappa shape index (κ3) is 2.54. The molecule has 0 heterocycles. The highest BCUT2D eigenvalue weighted by atomic mass is 35.5. The summed E-state index contributed by atoms with van der Waals surface area (Å²) in [6.07, 6.45) is 2.67. The summed E-state index contributed by atoms with van der Waals surface area (Å²) in [7, 11) is 0. The van der Waals surface area contributed by atoms with Crippen LogP contribution in [0.5, 0.6) is 0 Å². The standard InChI is InChI=1S/C13H15ClF2/c1-8(9-5-6-9)11(14)7-10-12(15)3-2-4-13(10)16/h2-4,8-9,11H,5-7H2,1H3. The lowest BCUT2D eigenvalue weighted by molar-refractivity contribution is 0.462. The molecule has 0 amide bonds. The molecule has 1 saturated carbocycles. The van der Waals surface area contributed by atoms with Gasteiger partial charge in [0.2, 0.25) is 0 Å². The Morgan fingerprint density at radius 2 is 1.88 bits per heavy atom. The molecule has 1 aliphatic carbocycles. The summed E-state index contributed by atoms with van der Waals surface area (Å²) in [6, 6.07) is 3.94. The van der Waals surface area contributed by atoms with E-state index < -0.39 is 11.6 Å². The fourth-order valence-electron chi connectivity index (χ4n) is 2.03. The number of rotatable bonds is 4. The molecule has 1 fully saturated rings. The number of benzene rings is 1. The number of hydrogen-bond acceptors (Lipinski definition) is 0. The molecule has 0 spiro atoms. The summed E-state index contributed by atoms with van der Waals surface area (Å²) in [5, 5.41) is -0.182. The first kappa shape index (κ1) is 11.8. The highest BCUT2D eigenvalue weighted by Gasteiger charge is 2.33. The summed E-state index contributed by atoms with van der Waals surface area (Å²) in [5.74, 6) is 0.000279. The molecular formula is C13H15ClF2. The average Bonchev–Trinajstić information content (AvgIpc) is 3.06. The second-order valence-electron chi connectivity index (χ2n) is 4.62. The number of halogens is 3. The van der Waals surface area contributed by atoms with Gasteiger partial charge in [-0.2, -0.15) is 0 Å². The molecule has 16 heavy (non-hydrogen) atoms. The smallest absolute Gasteiger partial charge is 0.129 e. The van der Waals surface area contributed by atoms with Crippen molar-refractivity contribution in [1.82, 2.24) is 0 Å². The van der Waals surface area contributed by atoms with Crippen molar-refractivity contribution in [2.45, 2.75) is 31.6 Å². The van der Waals surface area contributed by atoms with Crippen molar-refractivity contribution in [2.24, 2.45) is 11.8 Å². The molecule has 2 atom stereocenters. The van der Waals surface area contributed by atoms with E-state index in [1.807, 2.05) is 0 Å². The predicted molar refractivity (Wildman–Crippen MR) is 61.6 cm³/mol. The van der Waals surface area contributed by atoms with Crippen LogP contribution in [-0.2, 0) is 6.42 Å². The zero-order valence-electron chi connectivity index (χ0n) is 9.22. The molecule has 0 aromatic heterocycles. The molecule has 0 aliphatic heterocycles. The molecule has 0 bridgehead atoms. The second kappa shape index (κ2) is 4.70. The van der Waals surface area contributed by atoms with Crippen LogP contribution in [0.15, 0.2) is 18.2 Å². The van der Waals surface area contributed by atoms with Gasteiger partial charge < -0.3 is 0 Å². The van der Waals surface area contributed by atoms with Crippen LogP contribution in [0.3, 0.4) is 0 Å². The van der Waals surface area contributed by atoms with Crippen LogP contribution >= 0.6 is 11.6 Å². The van der Waals surface area contributed by atoms with E-state index in [1.54, 1.807) is 0 Å². The van der Waals surface area contributed by atoms with E-state index in [-0.39, 0.29) is 17.4 Å². The van der Waals surface area contributed by atoms with Gasteiger partial charge >= 0.3 is 0 Å². The summed E-state index contributed by atoms with van der Waals surface area (Å²) in [6.45, 7) is 2.06. The molecular weight excluding hydrogens is 230 g/mol. The van der Waals surface area contributed by atoms with E-state index in [0.29, 0.717) is 11.8 Å². The highest BCUT2D eigenvalue weighted by molar-refractivity contribution is 6.20. The van der Waals surface area contributed by atoms with Crippen molar-refractivity contribution in [3.05, 3.63) is 35.4 Å². The van der Waals surface area contributed by atoms with Gasteiger partial charge in [-0.05, 0) is 43.2 Å². The summed E-state index contributed by atoms with van der Waals surface area (Å²) in [4.78, 5) is 0. The van der Waals surface area contributed by atoms with Crippen molar-refractivity contribution in [3.63, 3.8) is 0 Å². The van der Waals surface area contributed by atoms with Crippen LogP contribution in [0.25, 0.3) is 0 Å². The second-order valence-corrected chi connectivity index (χ2v) is 5.18. The number of hydrogen-bond donors (Lipinski definition) is 0. The Balaban J connectivity index is 2.07. The summed E-state index contributed by atoms with van der Waals surface area (Å²) in [5.41, 5.74) is 0.120. The van der Waals surface area contributed by atoms with E-state index >= 15 is 0 Å². The lowest BCUT2D eigenvalue weighted by atomic mass is 9.96. The zero-order valence-corrected chi connectivity index (χ0v) is 9.98. The van der Waals surface area contributed by atoms with Crippen LogP contribution in [0.1, 0.15) is 25.3 Å². The van der Waals surface area contributed by atoms with Gasteiger partial charge in [-0.25, -0.2) is 8.78 Å². The lowest BCUT2D eigenvalue weighted by Gasteiger charge is -2.17.